The molecule has 0 saturated carbocycles. The second-order valence-corrected chi connectivity index (χ2v) is 6.22. The second kappa shape index (κ2) is 7.42. The molecule has 1 unspecified atom stereocenters. The Bertz CT molecular complexity index is 752. The molecule has 2 rings (SSSR count). The Hall–Kier alpha value is -2.44. The van der Waals surface area contributed by atoms with Gasteiger partial charge in [-0.25, -0.2) is 9.78 Å². The monoisotopic (exact) mass is 333 g/mol. The fourth-order valence-corrected chi connectivity index (χ4v) is 2.57. The summed E-state index contributed by atoms with van der Waals surface area (Å²) >= 11 is 0. The lowest BCUT2D eigenvalue weighted by Crippen LogP contribution is -2.40. The molecule has 7 heteroatoms. The van der Waals surface area contributed by atoms with Crippen molar-refractivity contribution < 1.29 is 19.2 Å². The van der Waals surface area contributed by atoms with Gasteiger partial charge >= 0.3 is 5.97 Å². The SMILES string of the molecule is CCCCC(NC(=O)c1cc(C)nc2onc(C(C)C)c12)C(=O)O. The smallest absolute Gasteiger partial charge is 0.326 e. The summed E-state index contributed by atoms with van der Waals surface area (Å²) in [7, 11) is 0. The van der Waals surface area contributed by atoms with Crippen LogP contribution in [-0.2, 0) is 4.79 Å². The van der Waals surface area contributed by atoms with Gasteiger partial charge < -0.3 is 14.9 Å². The molecule has 0 aliphatic carbocycles. The van der Waals surface area contributed by atoms with Crippen LogP contribution in [0.4, 0.5) is 0 Å². The van der Waals surface area contributed by atoms with E-state index < -0.39 is 17.9 Å². The molecule has 1 atom stereocenters. The first kappa shape index (κ1) is 17.9. The van der Waals surface area contributed by atoms with E-state index in [1.807, 2.05) is 20.8 Å². The van der Waals surface area contributed by atoms with Crippen LogP contribution in [0.5, 0.6) is 0 Å². The highest BCUT2D eigenvalue weighted by Gasteiger charge is 2.25. The number of carboxylic acids is 1. The van der Waals surface area contributed by atoms with Gasteiger partial charge in [0.1, 0.15) is 6.04 Å². The first-order valence-electron chi connectivity index (χ1n) is 8.15. The fraction of sp³-hybridized carbons (Fsp3) is 0.529. The molecule has 0 fully saturated rings. The van der Waals surface area contributed by atoms with E-state index in [4.69, 9.17) is 4.52 Å². The molecule has 130 valence electrons. The molecule has 0 saturated heterocycles. The van der Waals surface area contributed by atoms with Crippen LogP contribution in [0, 0.1) is 6.92 Å². The van der Waals surface area contributed by atoms with Crippen molar-refractivity contribution in [1.82, 2.24) is 15.5 Å². The van der Waals surface area contributed by atoms with E-state index in [1.54, 1.807) is 13.0 Å². The highest BCUT2D eigenvalue weighted by molar-refractivity contribution is 6.07. The van der Waals surface area contributed by atoms with Crippen LogP contribution in [0.25, 0.3) is 11.1 Å². The summed E-state index contributed by atoms with van der Waals surface area (Å²) in [5.74, 6) is -1.43. The van der Waals surface area contributed by atoms with E-state index in [1.165, 1.54) is 0 Å². The zero-order valence-electron chi connectivity index (χ0n) is 14.4. The lowest BCUT2D eigenvalue weighted by Gasteiger charge is -2.15. The number of hydrogen-bond acceptors (Lipinski definition) is 5. The number of carboxylic acid groups (broad SMARTS) is 1. The van der Waals surface area contributed by atoms with Gasteiger partial charge in [0.25, 0.3) is 11.6 Å². The number of carbonyl (C=O) groups is 2. The number of pyridine rings is 1. The van der Waals surface area contributed by atoms with Gasteiger partial charge in [-0.3, -0.25) is 4.79 Å². The van der Waals surface area contributed by atoms with Crippen LogP contribution in [0.3, 0.4) is 0 Å². The number of rotatable bonds is 7. The van der Waals surface area contributed by atoms with Crippen LogP contribution >= 0.6 is 0 Å². The zero-order valence-corrected chi connectivity index (χ0v) is 14.4. The molecular formula is C17H23N3O4. The van der Waals surface area contributed by atoms with Gasteiger partial charge in [0.15, 0.2) is 0 Å². The predicted octanol–water partition coefficient (Wildman–Crippen LogP) is 3.03. The first-order chi connectivity index (χ1) is 11.3. The highest BCUT2D eigenvalue weighted by Crippen LogP contribution is 2.27. The van der Waals surface area contributed by atoms with E-state index in [-0.39, 0.29) is 5.92 Å². The molecule has 2 aromatic heterocycles. The average molecular weight is 333 g/mol. The molecule has 0 bridgehead atoms. The van der Waals surface area contributed by atoms with Crippen LogP contribution in [-0.4, -0.2) is 33.2 Å². The van der Waals surface area contributed by atoms with E-state index in [0.29, 0.717) is 34.5 Å². The zero-order chi connectivity index (χ0) is 17.9. The summed E-state index contributed by atoms with van der Waals surface area (Å²) in [6.45, 7) is 7.61. The minimum absolute atomic E-state index is 0.0534. The van der Waals surface area contributed by atoms with Crippen LogP contribution < -0.4 is 5.32 Å². The lowest BCUT2D eigenvalue weighted by molar-refractivity contribution is -0.139. The van der Waals surface area contributed by atoms with Crippen molar-refractivity contribution in [2.24, 2.45) is 0 Å². The Morgan fingerprint density at radius 1 is 1.38 bits per heavy atom. The molecule has 0 spiro atoms. The summed E-state index contributed by atoms with van der Waals surface area (Å²) in [5, 5.41) is 16.5. The number of amides is 1. The van der Waals surface area contributed by atoms with Crippen LogP contribution in [0.1, 0.15) is 67.7 Å². The number of nitrogens with zero attached hydrogens (tertiary/aromatic N) is 2. The standard InChI is InChI=1S/C17H23N3O4/c1-5-6-7-12(17(22)23)19-15(21)11-8-10(4)18-16-13(11)14(9(2)3)20-24-16/h8-9,12H,5-7H2,1-4H3,(H,19,21)(H,22,23). The highest BCUT2D eigenvalue weighted by atomic mass is 16.5. The van der Waals surface area contributed by atoms with Gasteiger partial charge in [-0.15, -0.1) is 0 Å². The summed E-state index contributed by atoms with van der Waals surface area (Å²) in [6.07, 6.45) is 1.99. The number of aromatic nitrogens is 2. The second-order valence-electron chi connectivity index (χ2n) is 6.22. The first-order valence-corrected chi connectivity index (χ1v) is 8.15. The van der Waals surface area contributed by atoms with Crippen molar-refractivity contribution in [2.45, 2.75) is 58.9 Å². The number of nitrogens with one attached hydrogen (secondary N) is 1. The minimum Gasteiger partial charge on any atom is -0.480 e. The van der Waals surface area contributed by atoms with Crippen molar-refractivity contribution in [1.29, 1.82) is 0 Å². The molecule has 0 radical (unpaired) electrons. The molecule has 1 amide bonds. The Balaban J connectivity index is 2.41. The maximum atomic E-state index is 12.7. The summed E-state index contributed by atoms with van der Waals surface area (Å²) < 4.78 is 5.24. The van der Waals surface area contributed by atoms with Crippen molar-refractivity contribution in [2.75, 3.05) is 0 Å². The average Bonchev–Trinajstić information content (AvgIpc) is 2.93. The fourth-order valence-electron chi connectivity index (χ4n) is 2.57. The number of unbranched alkanes of at least 4 members (excludes halogenated alkanes) is 1. The van der Waals surface area contributed by atoms with Gasteiger partial charge in [-0.1, -0.05) is 38.8 Å². The largest absolute Gasteiger partial charge is 0.480 e. The van der Waals surface area contributed by atoms with Crippen molar-refractivity contribution in [3.8, 4) is 0 Å². The third-order valence-corrected chi connectivity index (χ3v) is 3.84. The maximum Gasteiger partial charge on any atom is 0.326 e. The van der Waals surface area contributed by atoms with Crippen molar-refractivity contribution in [3.63, 3.8) is 0 Å². The summed E-state index contributed by atoms with van der Waals surface area (Å²) in [4.78, 5) is 28.3. The number of aryl methyl sites for hydroxylation is 1. The minimum atomic E-state index is -1.03. The number of hydrogen-bond donors (Lipinski definition) is 2. The van der Waals surface area contributed by atoms with Gasteiger partial charge in [0.2, 0.25) is 0 Å². The molecule has 0 aliphatic heterocycles. The lowest BCUT2D eigenvalue weighted by atomic mass is 10.0. The number of fused-ring (bicyclic) bond motifs is 1. The van der Waals surface area contributed by atoms with Gasteiger partial charge in [0, 0.05) is 5.69 Å². The van der Waals surface area contributed by atoms with Gasteiger partial charge in [0.05, 0.1) is 16.6 Å². The van der Waals surface area contributed by atoms with E-state index in [0.717, 1.165) is 12.8 Å². The van der Waals surface area contributed by atoms with Gasteiger partial charge in [-0.05, 0) is 25.3 Å². The normalized spacial score (nSPS) is 12.5. The topological polar surface area (TPSA) is 105 Å². The van der Waals surface area contributed by atoms with Crippen molar-refractivity contribution >= 4 is 23.0 Å². The van der Waals surface area contributed by atoms with Crippen molar-refractivity contribution in [3.05, 3.63) is 23.0 Å². The summed E-state index contributed by atoms with van der Waals surface area (Å²) in [6, 6.07) is 0.725. The number of aliphatic carboxylic acids is 1. The maximum absolute atomic E-state index is 12.7. The van der Waals surface area contributed by atoms with Crippen LogP contribution in [0.2, 0.25) is 0 Å². The van der Waals surface area contributed by atoms with Crippen LogP contribution in [0.15, 0.2) is 10.6 Å². The van der Waals surface area contributed by atoms with E-state index >= 15 is 0 Å². The molecule has 0 aliphatic rings. The quantitative estimate of drug-likeness (QED) is 0.807. The Morgan fingerprint density at radius 3 is 2.67 bits per heavy atom. The summed E-state index contributed by atoms with van der Waals surface area (Å²) in [5.41, 5.74) is 1.90. The Morgan fingerprint density at radius 2 is 2.08 bits per heavy atom. The molecule has 24 heavy (non-hydrogen) atoms. The molecule has 2 aromatic rings. The van der Waals surface area contributed by atoms with Gasteiger partial charge in [-0.2, -0.15) is 0 Å². The molecular weight excluding hydrogens is 310 g/mol. The third-order valence-electron chi connectivity index (χ3n) is 3.84. The van der Waals surface area contributed by atoms with E-state index in [2.05, 4.69) is 15.5 Å². The predicted molar refractivity (Wildman–Crippen MR) is 89.0 cm³/mol. The Kier molecular flexibility index (Phi) is 5.54. The molecule has 2 heterocycles. The molecule has 7 nitrogen and oxygen atoms in total. The third kappa shape index (κ3) is 3.72. The number of carbonyl (C=O) groups excluding carboxylic acids is 1. The Labute approximate surface area is 140 Å². The van der Waals surface area contributed by atoms with E-state index in [9.17, 15) is 14.7 Å². The molecule has 2 N–H and O–H groups in total. The molecule has 0 aromatic carbocycles.